The largest absolute Gasteiger partial charge is 0.493 e. The number of nitrogens with one attached hydrogen (secondary N) is 1. The average molecular weight is 332 g/mol. The Hall–Kier alpha value is -2.52. The van der Waals surface area contributed by atoms with E-state index in [1.807, 2.05) is 19.9 Å². The third-order valence-corrected chi connectivity index (χ3v) is 3.62. The number of rotatable bonds is 9. The molecule has 24 heavy (non-hydrogen) atoms. The van der Waals surface area contributed by atoms with Gasteiger partial charge < -0.3 is 19.9 Å². The van der Waals surface area contributed by atoms with Gasteiger partial charge in [-0.25, -0.2) is 0 Å². The number of nitrogens with zero attached hydrogens (tertiary/aromatic N) is 1. The number of aliphatic hydroxyl groups excluding tert-OH is 1. The predicted molar refractivity (Wildman–Crippen MR) is 91.6 cm³/mol. The third kappa shape index (κ3) is 6.31. The number of amides is 1. The summed E-state index contributed by atoms with van der Waals surface area (Å²) in [5.74, 6) is 1.08. The Morgan fingerprint density at radius 2 is 2.17 bits per heavy atom. The van der Waals surface area contributed by atoms with E-state index in [9.17, 15) is 9.90 Å². The Bertz CT molecular complexity index is 606. The van der Waals surface area contributed by atoms with Crippen molar-refractivity contribution in [2.75, 3.05) is 26.9 Å². The van der Waals surface area contributed by atoms with Crippen molar-refractivity contribution >= 4 is 12.0 Å². The Morgan fingerprint density at radius 3 is 2.75 bits per heavy atom. The van der Waals surface area contributed by atoms with Crippen molar-refractivity contribution in [3.05, 3.63) is 29.8 Å². The number of aliphatic hydroxyl groups is 1. The zero-order chi connectivity index (χ0) is 17.9. The van der Waals surface area contributed by atoms with E-state index in [1.54, 1.807) is 24.3 Å². The van der Waals surface area contributed by atoms with Gasteiger partial charge in [0.05, 0.1) is 7.11 Å². The van der Waals surface area contributed by atoms with Crippen LogP contribution in [-0.2, 0) is 4.79 Å². The van der Waals surface area contributed by atoms with Crippen LogP contribution in [0.15, 0.2) is 24.3 Å². The highest BCUT2D eigenvalue weighted by molar-refractivity contribution is 5.91. The lowest BCUT2D eigenvalue weighted by Crippen LogP contribution is -2.32. The molecule has 1 atom stereocenters. The summed E-state index contributed by atoms with van der Waals surface area (Å²) in [6, 6.07) is 7.08. The molecule has 0 saturated carbocycles. The molecule has 0 aliphatic heterocycles. The fourth-order valence-electron chi connectivity index (χ4n) is 1.99. The molecule has 0 aliphatic rings. The highest BCUT2D eigenvalue weighted by Gasteiger charge is 2.12. The first-order valence-corrected chi connectivity index (χ1v) is 7.76. The van der Waals surface area contributed by atoms with Gasteiger partial charge in [-0.2, -0.15) is 5.26 Å². The van der Waals surface area contributed by atoms with E-state index in [0.717, 1.165) is 5.56 Å². The van der Waals surface area contributed by atoms with Crippen LogP contribution in [0.5, 0.6) is 11.5 Å². The van der Waals surface area contributed by atoms with Crippen molar-refractivity contribution in [3.8, 4) is 17.6 Å². The van der Waals surface area contributed by atoms with Crippen molar-refractivity contribution in [2.45, 2.75) is 13.8 Å². The fraction of sp³-hybridized carbons (Fsp3) is 0.444. The molecule has 1 rings (SSSR count). The Morgan fingerprint density at radius 1 is 1.42 bits per heavy atom. The standard InChI is InChI=1S/C18H24N2O4/c1-13(2)15(12-21)11-20-18(22)7-5-14-4-6-16(24-9-8-19)17(10-14)23-3/h4-7,10,13,15,21H,9,11-12H2,1-3H3,(H,20,22)/b7-5+. The summed E-state index contributed by atoms with van der Waals surface area (Å²) in [4.78, 5) is 11.9. The first-order valence-electron chi connectivity index (χ1n) is 7.76. The van der Waals surface area contributed by atoms with E-state index in [2.05, 4.69) is 5.32 Å². The predicted octanol–water partition coefficient (Wildman–Crippen LogP) is 1.99. The van der Waals surface area contributed by atoms with Crippen molar-refractivity contribution < 1.29 is 19.4 Å². The van der Waals surface area contributed by atoms with E-state index in [0.29, 0.717) is 24.0 Å². The number of nitriles is 1. The monoisotopic (exact) mass is 332 g/mol. The topological polar surface area (TPSA) is 91.6 Å². The molecule has 0 radical (unpaired) electrons. The van der Waals surface area contributed by atoms with Gasteiger partial charge in [-0.1, -0.05) is 19.9 Å². The van der Waals surface area contributed by atoms with Gasteiger partial charge in [-0.15, -0.1) is 0 Å². The van der Waals surface area contributed by atoms with Crippen LogP contribution in [0.1, 0.15) is 19.4 Å². The van der Waals surface area contributed by atoms with E-state index in [1.165, 1.54) is 13.2 Å². The Balaban J connectivity index is 2.66. The minimum Gasteiger partial charge on any atom is -0.493 e. The van der Waals surface area contributed by atoms with Crippen LogP contribution >= 0.6 is 0 Å². The first kappa shape index (κ1) is 19.5. The van der Waals surface area contributed by atoms with Crippen LogP contribution in [0.3, 0.4) is 0 Å². The zero-order valence-electron chi connectivity index (χ0n) is 14.3. The van der Waals surface area contributed by atoms with Gasteiger partial charge >= 0.3 is 0 Å². The number of benzene rings is 1. The van der Waals surface area contributed by atoms with Crippen LogP contribution in [0.2, 0.25) is 0 Å². The molecule has 6 heteroatoms. The smallest absolute Gasteiger partial charge is 0.244 e. The molecule has 0 aliphatic carbocycles. The molecule has 2 N–H and O–H groups in total. The molecule has 1 aromatic carbocycles. The van der Waals surface area contributed by atoms with Crippen LogP contribution in [0.25, 0.3) is 6.08 Å². The van der Waals surface area contributed by atoms with Crippen molar-refractivity contribution in [1.82, 2.24) is 5.32 Å². The number of carbonyl (C=O) groups is 1. The van der Waals surface area contributed by atoms with Gasteiger partial charge in [0, 0.05) is 25.1 Å². The van der Waals surface area contributed by atoms with Gasteiger partial charge in [0.1, 0.15) is 6.07 Å². The van der Waals surface area contributed by atoms with E-state index >= 15 is 0 Å². The summed E-state index contributed by atoms with van der Waals surface area (Å²) < 4.78 is 10.5. The number of hydrogen-bond donors (Lipinski definition) is 2. The summed E-state index contributed by atoms with van der Waals surface area (Å²) in [6.45, 7) is 4.43. The lowest BCUT2D eigenvalue weighted by atomic mass is 9.97. The summed E-state index contributed by atoms with van der Waals surface area (Å²) in [6.07, 6.45) is 3.09. The van der Waals surface area contributed by atoms with Crippen LogP contribution in [0, 0.1) is 23.2 Å². The molecular weight excluding hydrogens is 308 g/mol. The number of carbonyl (C=O) groups excluding carboxylic acids is 1. The molecule has 0 heterocycles. The maximum atomic E-state index is 11.9. The lowest BCUT2D eigenvalue weighted by molar-refractivity contribution is -0.116. The second-order valence-corrected chi connectivity index (χ2v) is 5.62. The first-order chi connectivity index (χ1) is 11.5. The molecule has 0 bridgehead atoms. The molecular formula is C18H24N2O4. The fourth-order valence-corrected chi connectivity index (χ4v) is 1.99. The Kier molecular flexibility index (Phi) is 8.37. The molecule has 130 valence electrons. The normalized spacial score (nSPS) is 12.0. The van der Waals surface area contributed by atoms with Gasteiger partial charge in [-0.05, 0) is 29.7 Å². The SMILES string of the molecule is COc1cc(/C=C/C(=O)NCC(CO)C(C)C)ccc1OCC#N. The Labute approximate surface area is 142 Å². The highest BCUT2D eigenvalue weighted by Crippen LogP contribution is 2.28. The van der Waals surface area contributed by atoms with Gasteiger partial charge in [-0.3, -0.25) is 4.79 Å². The quantitative estimate of drug-likeness (QED) is 0.675. The molecule has 1 aromatic rings. The minimum atomic E-state index is -0.224. The summed E-state index contributed by atoms with van der Waals surface area (Å²) in [5.41, 5.74) is 0.772. The summed E-state index contributed by atoms with van der Waals surface area (Å²) >= 11 is 0. The van der Waals surface area contributed by atoms with Gasteiger partial charge in [0.2, 0.25) is 5.91 Å². The van der Waals surface area contributed by atoms with E-state index in [4.69, 9.17) is 14.7 Å². The lowest BCUT2D eigenvalue weighted by Gasteiger charge is -2.17. The zero-order valence-corrected chi connectivity index (χ0v) is 14.3. The molecule has 0 saturated heterocycles. The highest BCUT2D eigenvalue weighted by atomic mass is 16.5. The molecule has 1 amide bonds. The number of methoxy groups -OCH3 is 1. The van der Waals surface area contributed by atoms with Gasteiger partial charge in [0.25, 0.3) is 0 Å². The molecule has 0 fully saturated rings. The van der Waals surface area contributed by atoms with E-state index in [-0.39, 0.29) is 25.0 Å². The summed E-state index contributed by atoms with van der Waals surface area (Å²) in [5, 5.41) is 20.6. The van der Waals surface area contributed by atoms with E-state index < -0.39 is 0 Å². The van der Waals surface area contributed by atoms with Crippen LogP contribution in [0.4, 0.5) is 0 Å². The van der Waals surface area contributed by atoms with Crippen molar-refractivity contribution in [2.24, 2.45) is 11.8 Å². The van der Waals surface area contributed by atoms with Gasteiger partial charge in [0.15, 0.2) is 18.1 Å². The third-order valence-electron chi connectivity index (χ3n) is 3.62. The molecule has 6 nitrogen and oxygen atoms in total. The van der Waals surface area contributed by atoms with Crippen LogP contribution < -0.4 is 14.8 Å². The van der Waals surface area contributed by atoms with Crippen molar-refractivity contribution in [1.29, 1.82) is 5.26 Å². The maximum absolute atomic E-state index is 11.9. The maximum Gasteiger partial charge on any atom is 0.244 e. The number of ether oxygens (including phenoxy) is 2. The average Bonchev–Trinajstić information content (AvgIpc) is 2.58. The molecule has 1 unspecified atom stereocenters. The molecule has 0 aromatic heterocycles. The summed E-state index contributed by atoms with van der Waals surface area (Å²) in [7, 11) is 1.51. The minimum absolute atomic E-state index is 0.0408. The molecule has 0 spiro atoms. The van der Waals surface area contributed by atoms with Crippen LogP contribution in [-0.4, -0.2) is 37.9 Å². The number of hydrogen-bond acceptors (Lipinski definition) is 5. The second-order valence-electron chi connectivity index (χ2n) is 5.62. The second kappa shape index (κ2) is 10.3. The van der Waals surface area contributed by atoms with Crippen molar-refractivity contribution in [3.63, 3.8) is 0 Å².